The van der Waals surface area contributed by atoms with Gasteiger partial charge in [0, 0.05) is 6.04 Å². The number of benzene rings is 1. The minimum absolute atomic E-state index is 0.183. The third kappa shape index (κ3) is 2.60. The van der Waals surface area contributed by atoms with Gasteiger partial charge in [0.25, 0.3) is 5.91 Å². The van der Waals surface area contributed by atoms with Crippen molar-refractivity contribution < 1.29 is 20.1 Å². The summed E-state index contributed by atoms with van der Waals surface area (Å²) in [5.74, 6) is -1.21. The Bertz CT molecular complexity index is 344. The molecule has 1 amide bonds. The summed E-state index contributed by atoms with van der Waals surface area (Å²) < 4.78 is 0. The maximum atomic E-state index is 11.5. The van der Waals surface area contributed by atoms with E-state index >= 15 is 0 Å². The van der Waals surface area contributed by atoms with E-state index in [1.807, 2.05) is 0 Å². The topological polar surface area (TPSA) is 89.8 Å². The van der Waals surface area contributed by atoms with E-state index < -0.39 is 11.9 Å². The van der Waals surface area contributed by atoms with Gasteiger partial charge in [-0.3, -0.25) is 4.79 Å². The molecule has 1 unspecified atom stereocenters. The second-order valence-corrected chi connectivity index (χ2v) is 3.23. The number of carbonyl (C=O) groups is 1. The fraction of sp³-hybridized carbons (Fsp3) is 0.300. The van der Waals surface area contributed by atoms with Crippen molar-refractivity contribution in [2.45, 2.75) is 13.0 Å². The summed E-state index contributed by atoms with van der Waals surface area (Å²) in [5.41, 5.74) is -0.183. The van der Waals surface area contributed by atoms with Gasteiger partial charge in [0.1, 0.15) is 17.1 Å². The van der Waals surface area contributed by atoms with Gasteiger partial charge in [-0.1, -0.05) is 6.07 Å². The third-order valence-electron chi connectivity index (χ3n) is 1.90. The Kier molecular flexibility index (Phi) is 3.51. The molecular weight excluding hydrogens is 198 g/mol. The molecule has 4 N–H and O–H groups in total. The van der Waals surface area contributed by atoms with Crippen LogP contribution in [0.2, 0.25) is 0 Å². The van der Waals surface area contributed by atoms with Crippen LogP contribution in [0.15, 0.2) is 18.2 Å². The van der Waals surface area contributed by atoms with Gasteiger partial charge in [0.15, 0.2) is 0 Å². The smallest absolute Gasteiger partial charge is 0.259 e. The number of rotatable bonds is 3. The lowest BCUT2D eigenvalue weighted by Gasteiger charge is -2.12. The van der Waals surface area contributed by atoms with Crippen LogP contribution < -0.4 is 5.32 Å². The largest absolute Gasteiger partial charge is 0.507 e. The molecular formula is C10H13NO4. The number of amides is 1. The van der Waals surface area contributed by atoms with Crippen molar-refractivity contribution in [2.24, 2.45) is 0 Å². The summed E-state index contributed by atoms with van der Waals surface area (Å²) in [6, 6.07) is 3.60. The van der Waals surface area contributed by atoms with Crippen LogP contribution in [0.25, 0.3) is 0 Å². The third-order valence-corrected chi connectivity index (χ3v) is 1.90. The lowest BCUT2D eigenvalue weighted by Crippen LogP contribution is -2.35. The second kappa shape index (κ2) is 4.65. The number of hydrogen-bond donors (Lipinski definition) is 4. The van der Waals surface area contributed by atoms with Gasteiger partial charge >= 0.3 is 0 Å². The van der Waals surface area contributed by atoms with Crippen molar-refractivity contribution in [3.8, 4) is 11.5 Å². The first-order valence-corrected chi connectivity index (χ1v) is 4.49. The maximum absolute atomic E-state index is 11.5. The number of aromatic hydroxyl groups is 2. The zero-order valence-electron chi connectivity index (χ0n) is 8.27. The summed E-state index contributed by atoms with van der Waals surface area (Å²) in [5, 5.41) is 29.9. The monoisotopic (exact) mass is 211 g/mol. The Morgan fingerprint density at radius 1 is 1.40 bits per heavy atom. The standard InChI is InChI=1S/C10H13NO4/c1-6(5-12)11-10(15)9-7(13)3-2-4-8(9)14/h2-4,6,12-14H,5H2,1H3,(H,11,15). The molecule has 0 saturated carbocycles. The van der Waals surface area contributed by atoms with Crippen LogP contribution in [-0.4, -0.2) is 33.9 Å². The molecule has 1 aromatic carbocycles. The van der Waals surface area contributed by atoms with Gasteiger partial charge in [-0.15, -0.1) is 0 Å². The highest BCUT2D eigenvalue weighted by molar-refractivity contribution is 5.99. The number of carbonyl (C=O) groups excluding carboxylic acids is 1. The van der Waals surface area contributed by atoms with E-state index in [1.54, 1.807) is 6.92 Å². The fourth-order valence-corrected chi connectivity index (χ4v) is 1.10. The van der Waals surface area contributed by atoms with Gasteiger partial charge in [-0.2, -0.15) is 0 Å². The molecule has 0 bridgehead atoms. The molecule has 1 aromatic rings. The molecule has 0 spiro atoms. The number of phenols is 2. The predicted molar refractivity (Wildman–Crippen MR) is 53.8 cm³/mol. The van der Waals surface area contributed by atoms with Crippen molar-refractivity contribution >= 4 is 5.91 Å². The summed E-state index contributed by atoms with van der Waals surface area (Å²) in [4.78, 5) is 11.5. The lowest BCUT2D eigenvalue weighted by atomic mass is 10.1. The van der Waals surface area contributed by atoms with Crippen molar-refractivity contribution in [1.82, 2.24) is 5.32 Å². The van der Waals surface area contributed by atoms with E-state index in [9.17, 15) is 15.0 Å². The van der Waals surface area contributed by atoms with Crippen LogP contribution in [0, 0.1) is 0 Å². The molecule has 0 aliphatic heterocycles. The number of aliphatic hydroxyl groups is 1. The van der Waals surface area contributed by atoms with E-state index in [4.69, 9.17) is 5.11 Å². The average Bonchev–Trinajstić information content (AvgIpc) is 2.17. The van der Waals surface area contributed by atoms with E-state index in [0.29, 0.717) is 0 Å². The van der Waals surface area contributed by atoms with Crippen molar-refractivity contribution in [2.75, 3.05) is 6.61 Å². The highest BCUT2D eigenvalue weighted by Gasteiger charge is 2.17. The molecule has 0 aliphatic rings. The molecule has 82 valence electrons. The Labute approximate surface area is 87.0 Å². The average molecular weight is 211 g/mol. The van der Waals surface area contributed by atoms with Crippen LogP contribution in [-0.2, 0) is 0 Å². The summed E-state index contributed by atoms with van der Waals surface area (Å²) in [6.45, 7) is 1.40. The molecule has 0 heterocycles. The summed E-state index contributed by atoms with van der Waals surface area (Å²) in [6.07, 6.45) is 0. The van der Waals surface area contributed by atoms with E-state index in [-0.39, 0.29) is 23.7 Å². The van der Waals surface area contributed by atoms with Crippen LogP contribution >= 0.6 is 0 Å². The van der Waals surface area contributed by atoms with Crippen LogP contribution in [0.4, 0.5) is 0 Å². The second-order valence-electron chi connectivity index (χ2n) is 3.23. The highest BCUT2D eigenvalue weighted by Crippen LogP contribution is 2.25. The van der Waals surface area contributed by atoms with E-state index in [2.05, 4.69) is 5.32 Å². The minimum Gasteiger partial charge on any atom is -0.507 e. The van der Waals surface area contributed by atoms with Gasteiger partial charge in [-0.25, -0.2) is 0 Å². The molecule has 1 atom stereocenters. The molecule has 5 heteroatoms. The van der Waals surface area contributed by atoms with E-state index in [0.717, 1.165) is 0 Å². The summed E-state index contributed by atoms with van der Waals surface area (Å²) >= 11 is 0. The molecule has 0 saturated heterocycles. The number of nitrogens with one attached hydrogen (secondary N) is 1. The molecule has 15 heavy (non-hydrogen) atoms. The Hall–Kier alpha value is -1.75. The minimum atomic E-state index is -0.618. The van der Waals surface area contributed by atoms with Gasteiger partial charge in [0.05, 0.1) is 6.61 Å². The number of aliphatic hydroxyl groups excluding tert-OH is 1. The zero-order chi connectivity index (χ0) is 11.4. The van der Waals surface area contributed by atoms with E-state index in [1.165, 1.54) is 18.2 Å². The Balaban J connectivity index is 2.91. The van der Waals surface area contributed by atoms with Crippen molar-refractivity contribution in [3.05, 3.63) is 23.8 Å². The van der Waals surface area contributed by atoms with Crippen LogP contribution in [0.5, 0.6) is 11.5 Å². The van der Waals surface area contributed by atoms with Crippen LogP contribution in [0.3, 0.4) is 0 Å². The first-order chi connectivity index (χ1) is 7.06. The molecule has 5 nitrogen and oxygen atoms in total. The molecule has 0 radical (unpaired) electrons. The maximum Gasteiger partial charge on any atom is 0.259 e. The number of phenolic OH excluding ortho intramolecular Hbond substituents is 2. The quantitative estimate of drug-likeness (QED) is 0.575. The predicted octanol–water partition coefficient (Wildman–Crippen LogP) is 0.208. The summed E-state index contributed by atoms with van der Waals surface area (Å²) in [7, 11) is 0. The zero-order valence-corrected chi connectivity index (χ0v) is 8.27. The normalized spacial score (nSPS) is 12.1. The van der Waals surface area contributed by atoms with Crippen LogP contribution in [0.1, 0.15) is 17.3 Å². The SMILES string of the molecule is CC(CO)NC(=O)c1c(O)cccc1O. The molecule has 0 fully saturated rings. The fourth-order valence-electron chi connectivity index (χ4n) is 1.10. The van der Waals surface area contributed by atoms with Crippen molar-refractivity contribution in [1.29, 1.82) is 0 Å². The highest BCUT2D eigenvalue weighted by atomic mass is 16.3. The Morgan fingerprint density at radius 3 is 2.40 bits per heavy atom. The first kappa shape index (κ1) is 11.3. The Morgan fingerprint density at radius 2 is 1.93 bits per heavy atom. The molecule has 0 aromatic heterocycles. The van der Waals surface area contributed by atoms with Gasteiger partial charge in [0.2, 0.25) is 0 Å². The molecule has 0 aliphatic carbocycles. The van der Waals surface area contributed by atoms with Gasteiger partial charge < -0.3 is 20.6 Å². The lowest BCUT2D eigenvalue weighted by molar-refractivity contribution is 0.0917. The first-order valence-electron chi connectivity index (χ1n) is 4.49. The number of hydrogen-bond acceptors (Lipinski definition) is 4. The molecule has 1 rings (SSSR count). The van der Waals surface area contributed by atoms with Crippen molar-refractivity contribution in [3.63, 3.8) is 0 Å². The van der Waals surface area contributed by atoms with Gasteiger partial charge in [-0.05, 0) is 19.1 Å².